The number of furan rings is 1. The molecule has 1 atom stereocenters. The first-order valence-corrected chi connectivity index (χ1v) is 9.91. The fourth-order valence-electron chi connectivity index (χ4n) is 3.10. The van der Waals surface area contributed by atoms with E-state index in [1.54, 1.807) is 18.4 Å². The molecule has 2 N–H and O–H groups in total. The Morgan fingerprint density at radius 2 is 2.03 bits per heavy atom. The second kappa shape index (κ2) is 8.00. The standard InChI is InChI=1S/C21H19FN4O2S/c1-12-17-19(23-10-16-4-3-9-28-16)24-11-25-21(17)29-18(12)20(27)26-13(2)14-5-7-15(22)8-6-14/h3-9,11,13H,10H2,1-2H3,(H,26,27)(H,23,24,25)/t13-/m0/s1. The zero-order chi connectivity index (χ0) is 20.4. The number of fused-ring (bicyclic) bond motifs is 1. The molecule has 3 aromatic heterocycles. The van der Waals surface area contributed by atoms with Crippen molar-refractivity contribution in [1.82, 2.24) is 15.3 Å². The number of thiophene rings is 1. The Labute approximate surface area is 170 Å². The molecule has 0 saturated carbocycles. The Balaban J connectivity index is 1.57. The quantitative estimate of drug-likeness (QED) is 0.476. The van der Waals surface area contributed by atoms with Crippen molar-refractivity contribution in [2.45, 2.75) is 26.4 Å². The smallest absolute Gasteiger partial charge is 0.262 e. The third-order valence-electron chi connectivity index (χ3n) is 4.66. The summed E-state index contributed by atoms with van der Waals surface area (Å²) in [5.74, 6) is 0.946. The van der Waals surface area contributed by atoms with Crippen LogP contribution in [0, 0.1) is 12.7 Å². The first-order valence-electron chi connectivity index (χ1n) is 9.09. The van der Waals surface area contributed by atoms with Crippen LogP contribution < -0.4 is 10.6 Å². The monoisotopic (exact) mass is 410 g/mol. The number of amides is 1. The van der Waals surface area contributed by atoms with Gasteiger partial charge in [0.15, 0.2) is 0 Å². The van der Waals surface area contributed by atoms with Gasteiger partial charge in [0.2, 0.25) is 0 Å². The Morgan fingerprint density at radius 1 is 1.24 bits per heavy atom. The molecule has 0 aliphatic heterocycles. The Hall–Kier alpha value is -3.26. The molecule has 0 aliphatic carbocycles. The van der Waals surface area contributed by atoms with Crippen LogP contribution in [0.1, 0.15) is 39.5 Å². The topological polar surface area (TPSA) is 80.0 Å². The van der Waals surface area contributed by atoms with Crippen LogP contribution in [-0.2, 0) is 6.54 Å². The minimum absolute atomic E-state index is 0.195. The van der Waals surface area contributed by atoms with Gasteiger partial charge in [0, 0.05) is 0 Å². The molecule has 1 aromatic carbocycles. The molecule has 8 heteroatoms. The van der Waals surface area contributed by atoms with E-state index in [0.29, 0.717) is 17.2 Å². The van der Waals surface area contributed by atoms with Gasteiger partial charge in [0.1, 0.15) is 28.6 Å². The molecule has 4 rings (SSSR count). The van der Waals surface area contributed by atoms with E-state index in [-0.39, 0.29) is 17.8 Å². The van der Waals surface area contributed by atoms with Crippen LogP contribution >= 0.6 is 11.3 Å². The van der Waals surface area contributed by atoms with Crippen molar-refractivity contribution in [3.05, 3.63) is 76.6 Å². The average molecular weight is 410 g/mol. The highest BCUT2D eigenvalue weighted by Crippen LogP contribution is 2.33. The van der Waals surface area contributed by atoms with Crippen LogP contribution in [0.2, 0.25) is 0 Å². The molecule has 4 aromatic rings. The molecule has 0 saturated heterocycles. The molecule has 148 valence electrons. The predicted molar refractivity (Wildman–Crippen MR) is 110 cm³/mol. The number of nitrogens with zero attached hydrogens (tertiary/aromatic N) is 2. The number of hydrogen-bond acceptors (Lipinski definition) is 6. The molecular formula is C21H19FN4O2S. The molecule has 0 fully saturated rings. The van der Waals surface area contributed by atoms with E-state index in [1.807, 2.05) is 26.0 Å². The highest BCUT2D eigenvalue weighted by atomic mass is 32.1. The maximum Gasteiger partial charge on any atom is 0.262 e. The number of carbonyl (C=O) groups is 1. The molecule has 3 heterocycles. The minimum Gasteiger partial charge on any atom is -0.467 e. The second-order valence-electron chi connectivity index (χ2n) is 6.64. The van der Waals surface area contributed by atoms with Gasteiger partial charge in [-0.3, -0.25) is 4.79 Å². The van der Waals surface area contributed by atoms with Gasteiger partial charge in [-0.1, -0.05) is 12.1 Å². The first kappa shape index (κ1) is 19.1. The van der Waals surface area contributed by atoms with Gasteiger partial charge < -0.3 is 15.1 Å². The number of halogens is 1. The Bertz CT molecular complexity index is 1140. The Morgan fingerprint density at radius 3 is 2.76 bits per heavy atom. The summed E-state index contributed by atoms with van der Waals surface area (Å²) in [5.41, 5.74) is 1.65. The lowest BCUT2D eigenvalue weighted by Gasteiger charge is -2.14. The number of anilines is 1. The van der Waals surface area contributed by atoms with E-state index in [2.05, 4.69) is 20.6 Å². The predicted octanol–water partition coefficient (Wildman–Crippen LogP) is 4.83. The number of carbonyl (C=O) groups excluding carboxylic acids is 1. The van der Waals surface area contributed by atoms with Gasteiger partial charge in [-0.15, -0.1) is 11.3 Å². The summed E-state index contributed by atoms with van der Waals surface area (Å²) in [5, 5.41) is 7.05. The highest BCUT2D eigenvalue weighted by Gasteiger charge is 2.21. The number of nitrogens with one attached hydrogen (secondary N) is 2. The van der Waals surface area contributed by atoms with Crippen molar-refractivity contribution in [3.8, 4) is 0 Å². The second-order valence-corrected chi connectivity index (χ2v) is 7.64. The van der Waals surface area contributed by atoms with Crippen LogP contribution in [0.15, 0.2) is 53.4 Å². The Kier molecular flexibility index (Phi) is 5.26. The number of hydrogen-bond donors (Lipinski definition) is 2. The van der Waals surface area contributed by atoms with E-state index in [4.69, 9.17) is 4.42 Å². The van der Waals surface area contributed by atoms with Crippen LogP contribution in [0.4, 0.5) is 10.2 Å². The van der Waals surface area contributed by atoms with Crippen molar-refractivity contribution in [2.24, 2.45) is 0 Å². The summed E-state index contributed by atoms with van der Waals surface area (Å²) < 4.78 is 18.5. The summed E-state index contributed by atoms with van der Waals surface area (Å²) in [6.45, 7) is 4.24. The number of aromatic nitrogens is 2. The lowest BCUT2D eigenvalue weighted by molar-refractivity contribution is 0.0943. The van der Waals surface area contributed by atoms with Gasteiger partial charge in [0.25, 0.3) is 5.91 Å². The summed E-state index contributed by atoms with van der Waals surface area (Å²) >= 11 is 1.32. The zero-order valence-electron chi connectivity index (χ0n) is 15.9. The van der Waals surface area contributed by atoms with Crippen LogP contribution in [0.25, 0.3) is 10.2 Å². The van der Waals surface area contributed by atoms with Gasteiger partial charge in [0.05, 0.1) is 29.1 Å². The van der Waals surface area contributed by atoms with E-state index >= 15 is 0 Å². The molecule has 0 spiro atoms. The van der Waals surface area contributed by atoms with Crippen LogP contribution in [-0.4, -0.2) is 15.9 Å². The SMILES string of the molecule is Cc1c(C(=O)N[C@@H](C)c2ccc(F)cc2)sc2ncnc(NCc3ccco3)c12. The molecule has 0 unspecified atom stereocenters. The normalized spacial score (nSPS) is 12.1. The highest BCUT2D eigenvalue weighted by molar-refractivity contribution is 7.20. The lowest BCUT2D eigenvalue weighted by atomic mass is 10.1. The lowest BCUT2D eigenvalue weighted by Crippen LogP contribution is -2.26. The van der Waals surface area contributed by atoms with E-state index in [9.17, 15) is 9.18 Å². The summed E-state index contributed by atoms with van der Waals surface area (Å²) in [6.07, 6.45) is 3.10. The van der Waals surface area contributed by atoms with E-state index < -0.39 is 0 Å². The van der Waals surface area contributed by atoms with Crippen molar-refractivity contribution >= 4 is 33.3 Å². The third kappa shape index (κ3) is 3.97. The summed E-state index contributed by atoms with van der Waals surface area (Å²) in [7, 11) is 0. The number of rotatable bonds is 6. The number of aryl methyl sites for hydroxylation is 1. The summed E-state index contributed by atoms with van der Waals surface area (Å²) in [4.78, 5) is 22.8. The molecule has 29 heavy (non-hydrogen) atoms. The van der Waals surface area contributed by atoms with Crippen molar-refractivity contribution in [1.29, 1.82) is 0 Å². The zero-order valence-corrected chi connectivity index (χ0v) is 16.7. The average Bonchev–Trinajstić information content (AvgIpc) is 3.35. The molecule has 0 aliphatic rings. The van der Waals surface area contributed by atoms with Gasteiger partial charge in [-0.25, -0.2) is 14.4 Å². The molecule has 6 nitrogen and oxygen atoms in total. The van der Waals surface area contributed by atoms with Crippen molar-refractivity contribution in [3.63, 3.8) is 0 Å². The molecular weight excluding hydrogens is 391 g/mol. The summed E-state index contributed by atoms with van der Waals surface area (Å²) in [6, 6.07) is 9.55. The van der Waals surface area contributed by atoms with E-state index in [1.165, 1.54) is 29.8 Å². The van der Waals surface area contributed by atoms with Crippen molar-refractivity contribution < 1.29 is 13.6 Å². The maximum absolute atomic E-state index is 13.1. The number of benzene rings is 1. The molecule has 1 amide bonds. The van der Waals surface area contributed by atoms with Gasteiger partial charge >= 0.3 is 0 Å². The van der Waals surface area contributed by atoms with Crippen LogP contribution in [0.5, 0.6) is 0 Å². The van der Waals surface area contributed by atoms with Crippen LogP contribution in [0.3, 0.4) is 0 Å². The largest absolute Gasteiger partial charge is 0.467 e. The fraction of sp³-hybridized carbons (Fsp3) is 0.190. The fourth-order valence-corrected chi connectivity index (χ4v) is 4.16. The van der Waals surface area contributed by atoms with Crippen molar-refractivity contribution in [2.75, 3.05) is 5.32 Å². The molecule has 0 bridgehead atoms. The van der Waals surface area contributed by atoms with Gasteiger partial charge in [-0.2, -0.15) is 0 Å². The third-order valence-corrected chi connectivity index (χ3v) is 5.86. The first-order chi connectivity index (χ1) is 14.0. The molecule has 0 radical (unpaired) electrons. The maximum atomic E-state index is 13.1. The van der Waals surface area contributed by atoms with Gasteiger partial charge in [-0.05, 0) is 49.2 Å². The minimum atomic E-state index is -0.305. The van der Waals surface area contributed by atoms with E-state index in [0.717, 1.165) is 27.1 Å².